The number of hydrogen-bond donors (Lipinski definition) is 2. The normalized spacial score (nSPS) is 17.1. The second kappa shape index (κ2) is 13.6. The molecule has 9 nitrogen and oxygen atoms in total. The topological polar surface area (TPSA) is 114 Å². The fourth-order valence-electron chi connectivity index (χ4n) is 5.32. The molecule has 0 bridgehead atoms. The molecule has 2 unspecified atom stereocenters. The predicted octanol–water partition coefficient (Wildman–Crippen LogP) is 4.75. The lowest BCUT2D eigenvalue weighted by Gasteiger charge is -2.44. The molecular formula is C29H35F4N7O2S. The molecule has 0 radical (unpaired) electrons. The number of hydrogen-bond acceptors (Lipinski definition) is 8. The zero-order valence-electron chi connectivity index (χ0n) is 24.4. The average molecular weight is 622 g/mol. The van der Waals surface area contributed by atoms with Gasteiger partial charge in [-0.1, -0.05) is 25.3 Å². The van der Waals surface area contributed by atoms with Gasteiger partial charge in [0.05, 0.1) is 16.0 Å². The summed E-state index contributed by atoms with van der Waals surface area (Å²) in [5.74, 6) is 5.18. The molecule has 1 fully saturated rings. The van der Waals surface area contributed by atoms with Gasteiger partial charge in [-0.25, -0.2) is 9.18 Å². The zero-order valence-corrected chi connectivity index (χ0v) is 25.2. The Morgan fingerprint density at radius 1 is 1.19 bits per heavy atom. The number of halogens is 4. The third kappa shape index (κ3) is 7.03. The van der Waals surface area contributed by atoms with Gasteiger partial charge in [-0.15, -0.1) is 0 Å². The third-order valence-electron chi connectivity index (χ3n) is 6.84. The first-order valence-corrected chi connectivity index (χ1v) is 14.1. The van der Waals surface area contributed by atoms with Gasteiger partial charge in [0.25, 0.3) is 0 Å². The van der Waals surface area contributed by atoms with E-state index in [0.29, 0.717) is 0 Å². The highest BCUT2D eigenvalue weighted by atomic mass is 32.2. The van der Waals surface area contributed by atoms with Crippen LogP contribution in [0.3, 0.4) is 0 Å². The molecule has 232 valence electrons. The summed E-state index contributed by atoms with van der Waals surface area (Å²) in [5.41, 5.74) is 3.14. The lowest BCUT2D eigenvalue weighted by atomic mass is 9.96. The van der Waals surface area contributed by atoms with Crippen molar-refractivity contribution in [3.63, 3.8) is 0 Å². The lowest BCUT2D eigenvalue weighted by molar-refractivity contribution is -0.137. The quantitative estimate of drug-likeness (QED) is 0.133. The van der Waals surface area contributed by atoms with Crippen LogP contribution in [0.5, 0.6) is 0 Å². The molecule has 1 aliphatic rings. The van der Waals surface area contributed by atoms with Gasteiger partial charge in [0.15, 0.2) is 0 Å². The number of benzene rings is 2. The summed E-state index contributed by atoms with van der Waals surface area (Å²) >= 11 is 0.833. The molecule has 4 rings (SSSR count). The van der Waals surface area contributed by atoms with E-state index in [1.54, 1.807) is 16.7 Å². The maximum atomic E-state index is 14.7. The SMILES string of the molecule is C=CC(=O)N1C(C)CN(c2nc(=O)n(CC)c3c(SN(C)N)c(-c4ccc(F)cc4)c(C(F)(F)F)cc23)CC1C.C=CN. The monoisotopic (exact) mass is 621 g/mol. The highest BCUT2D eigenvalue weighted by Crippen LogP contribution is 2.47. The number of nitrogens with zero attached hydrogens (tertiary/aromatic N) is 5. The number of rotatable bonds is 6. The maximum Gasteiger partial charge on any atom is 0.417 e. The van der Waals surface area contributed by atoms with Crippen molar-refractivity contribution < 1.29 is 22.4 Å². The number of hydrazine groups is 1. The molecule has 14 heteroatoms. The smallest absolute Gasteiger partial charge is 0.405 e. The number of fused-ring (bicyclic) bond motifs is 1. The minimum atomic E-state index is -4.81. The third-order valence-corrected chi connectivity index (χ3v) is 7.70. The molecule has 4 N–H and O–H groups in total. The molecule has 0 saturated carbocycles. The van der Waals surface area contributed by atoms with E-state index in [1.807, 2.05) is 13.8 Å². The minimum absolute atomic E-state index is 0.0885. The van der Waals surface area contributed by atoms with Crippen LogP contribution in [0.2, 0.25) is 0 Å². The average Bonchev–Trinajstić information content (AvgIpc) is 2.92. The van der Waals surface area contributed by atoms with Crippen LogP contribution in [0.4, 0.5) is 23.4 Å². The number of alkyl halides is 3. The van der Waals surface area contributed by atoms with Gasteiger partial charge in [0, 0.05) is 49.7 Å². The van der Waals surface area contributed by atoms with Gasteiger partial charge in [0.2, 0.25) is 5.91 Å². The fraction of sp³-hybridized carbons (Fsp3) is 0.345. The summed E-state index contributed by atoms with van der Waals surface area (Å²) in [6, 6.07) is 5.03. The van der Waals surface area contributed by atoms with Gasteiger partial charge in [-0.2, -0.15) is 22.6 Å². The van der Waals surface area contributed by atoms with E-state index in [-0.39, 0.29) is 70.4 Å². The van der Waals surface area contributed by atoms with Crippen molar-refractivity contribution in [2.45, 2.75) is 50.5 Å². The van der Waals surface area contributed by atoms with Crippen LogP contribution in [-0.2, 0) is 17.5 Å². The summed E-state index contributed by atoms with van der Waals surface area (Å²) in [6.07, 6.45) is -2.33. The Balaban J connectivity index is 0.00000162. The van der Waals surface area contributed by atoms with E-state index in [0.717, 1.165) is 34.6 Å². The van der Waals surface area contributed by atoms with Crippen LogP contribution < -0.4 is 22.2 Å². The number of aryl methyl sites for hydroxylation is 1. The zero-order chi connectivity index (χ0) is 32.2. The molecule has 1 amide bonds. The largest absolute Gasteiger partial charge is 0.417 e. The standard InChI is InChI=1S/C27H30F4N6O2S.C2H5N/c1-6-21(38)37-15(3)13-35(14-16(37)4)25-19-12-20(27(29,30)31)22(17-8-10-18(28)11-9-17)24(40-34(5)32)23(19)36(7-2)26(39)33-25;1-2-3/h6,8-12,15-16H,1,7,13-14,32H2,2-5H3;2H,1,3H2. The van der Waals surface area contributed by atoms with Crippen molar-refractivity contribution >= 4 is 34.6 Å². The maximum absolute atomic E-state index is 14.7. The molecule has 1 aliphatic heterocycles. The second-order valence-corrected chi connectivity index (χ2v) is 11.1. The number of aromatic nitrogens is 2. The van der Waals surface area contributed by atoms with Gasteiger partial charge in [-0.05, 0) is 68.8 Å². The summed E-state index contributed by atoms with van der Waals surface area (Å²) in [4.78, 5) is 33.5. The van der Waals surface area contributed by atoms with Crippen molar-refractivity contribution in [1.29, 1.82) is 0 Å². The molecule has 2 atom stereocenters. The van der Waals surface area contributed by atoms with Crippen LogP contribution in [0, 0.1) is 5.82 Å². The number of nitrogens with two attached hydrogens (primary N) is 2. The van der Waals surface area contributed by atoms with E-state index in [2.05, 4.69) is 23.9 Å². The van der Waals surface area contributed by atoms with E-state index in [9.17, 15) is 27.2 Å². The van der Waals surface area contributed by atoms with Crippen LogP contribution in [0.15, 0.2) is 65.5 Å². The van der Waals surface area contributed by atoms with Crippen molar-refractivity contribution in [3.8, 4) is 11.1 Å². The Kier molecular flexibility index (Phi) is 10.6. The van der Waals surface area contributed by atoms with Gasteiger partial charge < -0.3 is 15.5 Å². The van der Waals surface area contributed by atoms with E-state index in [1.165, 1.54) is 36.0 Å². The molecule has 2 heterocycles. The first-order chi connectivity index (χ1) is 20.2. The number of anilines is 1. The second-order valence-electron chi connectivity index (χ2n) is 9.92. The van der Waals surface area contributed by atoms with Crippen molar-refractivity contribution in [2.24, 2.45) is 11.6 Å². The number of amides is 1. The predicted molar refractivity (Wildman–Crippen MR) is 162 cm³/mol. The Morgan fingerprint density at radius 2 is 1.74 bits per heavy atom. The molecule has 43 heavy (non-hydrogen) atoms. The summed E-state index contributed by atoms with van der Waals surface area (Å²) < 4.78 is 60.3. The highest BCUT2D eigenvalue weighted by Gasteiger charge is 2.39. The Hall–Kier alpha value is -3.88. The van der Waals surface area contributed by atoms with E-state index in [4.69, 9.17) is 5.84 Å². The minimum Gasteiger partial charge on any atom is -0.405 e. The van der Waals surface area contributed by atoms with Crippen LogP contribution in [0.1, 0.15) is 26.3 Å². The van der Waals surface area contributed by atoms with Crippen molar-refractivity contribution in [2.75, 3.05) is 25.0 Å². The first-order valence-electron chi connectivity index (χ1n) is 13.3. The highest BCUT2D eigenvalue weighted by molar-refractivity contribution is 7.97. The van der Waals surface area contributed by atoms with Crippen LogP contribution in [-0.4, -0.2) is 57.0 Å². The van der Waals surface area contributed by atoms with Gasteiger partial charge >= 0.3 is 11.9 Å². The molecular weight excluding hydrogens is 586 g/mol. The first kappa shape index (κ1) is 33.6. The molecule has 2 aromatic carbocycles. The van der Waals surface area contributed by atoms with Crippen LogP contribution in [0.25, 0.3) is 22.0 Å². The number of carbonyl (C=O) groups is 1. The van der Waals surface area contributed by atoms with E-state index < -0.39 is 23.2 Å². The molecule has 0 aliphatic carbocycles. The van der Waals surface area contributed by atoms with Gasteiger partial charge in [-0.3, -0.25) is 15.2 Å². The Morgan fingerprint density at radius 3 is 2.21 bits per heavy atom. The lowest BCUT2D eigenvalue weighted by Crippen LogP contribution is -2.58. The van der Waals surface area contributed by atoms with Crippen molar-refractivity contribution in [3.05, 3.63) is 77.6 Å². The van der Waals surface area contributed by atoms with Crippen LogP contribution >= 0.6 is 11.9 Å². The fourth-order valence-corrected chi connectivity index (χ4v) is 6.24. The molecule has 3 aromatic rings. The number of carbonyl (C=O) groups excluding carboxylic acids is 1. The van der Waals surface area contributed by atoms with E-state index >= 15 is 0 Å². The van der Waals surface area contributed by atoms with Gasteiger partial charge in [0.1, 0.15) is 11.6 Å². The summed E-state index contributed by atoms with van der Waals surface area (Å²) in [5, 5.41) is 0.117. The molecule has 1 saturated heterocycles. The Bertz CT molecular complexity index is 1550. The Labute approximate surface area is 251 Å². The number of piperazine rings is 1. The molecule has 1 aromatic heterocycles. The van der Waals surface area contributed by atoms with Crippen molar-refractivity contribution in [1.82, 2.24) is 18.9 Å². The summed E-state index contributed by atoms with van der Waals surface area (Å²) in [6.45, 7) is 12.6. The molecule has 0 spiro atoms. The summed E-state index contributed by atoms with van der Waals surface area (Å²) in [7, 11) is 1.47.